The number of fused-ring (bicyclic) bond motifs is 8. The minimum Gasteiger partial charge on any atom is -0.493 e. The van der Waals surface area contributed by atoms with E-state index in [0.717, 1.165) is 81.0 Å². The van der Waals surface area contributed by atoms with Crippen LogP contribution in [0.1, 0.15) is 196 Å². The fourth-order valence-electron chi connectivity index (χ4n) is 8.79. The van der Waals surface area contributed by atoms with E-state index in [4.69, 9.17) is 28.7 Å². The zero-order chi connectivity index (χ0) is 47.4. The molecule has 0 aromatic heterocycles. The van der Waals surface area contributed by atoms with Crippen LogP contribution in [0.4, 0.5) is 0 Å². The zero-order valence-corrected chi connectivity index (χ0v) is 44.3. The second-order valence-corrected chi connectivity index (χ2v) is 22.8. The molecule has 1 aliphatic carbocycles. The Morgan fingerprint density at radius 3 is 1.15 bits per heavy atom. The molecule has 0 amide bonds. The van der Waals surface area contributed by atoms with E-state index in [9.17, 15) is 0 Å². The average Bonchev–Trinajstić information content (AvgIpc) is 3.73. The number of benzene rings is 4. The van der Waals surface area contributed by atoms with Gasteiger partial charge in [-0.2, -0.15) is 0 Å². The van der Waals surface area contributed by atoms with Crippen molar-refractivity contribution in [3.63, 3.8) is 0 Å². The Kier molecular flexibility index (Phi) is 16.2. The van der Waals surface area contributed by atoms with Crippen LogP contribution >= 0.6 is 15.9 Å². The van der Waals surface area contributed by atoms with Gasteiger partial charge in [0.25, 0.3) is 0 Å². The van der Waals surface area contributed by atoms with Crippen LogP contribution in [-0.4, -0.2) is 45.0 Å². The first-order valence-electron chi connectivity index (χ1n) is 24.7. The topological polar surface area (TPSA) is 58.5 Å². The maximum absolute atomic E-state index is 7.02. The molecule has 1 aliphatic heterocycles. The summed E-state index contributed by atoms with van der Waals surface area (Å²) in [6.07, 6.45) is 6.09. The van der Waals surface area contributed by atoms with Gasteiger partial charge in [-0.3, -0.25) is 0 Å². The summed E-state index contributed by atoms with van der Waals surface area (Å²) in [6, 6.07) is 16.8. The van der Waals surface area contributed by atoms with Gasteiger partial charge in [-0.05, 0) is 125 Å². The van der Waals surface area contributed by atoms with Crippen LogP contribution in [-0.2, 0) is 46.7 Å². The van der Waals surface area contributed by atoms with Crippen molar-refractivity contribution in [3.8, 4) is 23.0 Å². The van der Waals surface area contributed by atoms with E-state index in [1.807, 2.05) is 0 Å². The van der Waals surface area contributed by atoms with Crippen molar-refractivity contribution in [1.29, 1.82) is 0 Å². The molecule has 354 valence electrons. The quantitative estimate of drug-likeness (QED) is 0.111. The Morgan fingerprint density at radius 1 is 0.523 bits per heavy atom. The summed E-state index contributed by atoms with van der Waals surface area (Å²) in [7, 11) is 0. The summed E-state index contributed by atoms with van der Waals surface area (Å²) in [5.41, 5.74) is 13.6. The summed E-state index contributed by atoms with van der Waals surface area (Å²) >= 11 is 4.22. The van der Waals surface area contributed by atoms with Gasteiger partial charge in [0, 0.05) is 35.7 Å². The molecule has 0 N–H and O–H groups in total. The predicted molar refractivity (Wildman–Crippen MR) is 275 cm³/mol. The van der Waals surface area contributed by atoms with E-state index < -0.39 is 0 Å². The molecule has 1 atom stereocenters. The van der Waals surface area contributed by atoms with Gasteiger partial charge < -0.3 is 23.7 Å². The van der Waals surface area contributed by atoms with Crippen molar-refractivity contribution in [2.45, 2.75) is 178 Å². The second-order valence-electron chi connectivity index (χ2n) is 22.0. The summed E-state index contributed by atoms with van der Waals surface area (Å²) in [6.45, 7) is 37.0. The monoisotopic (exact) mass is 950 g/mol. The van der Waals surface area contributed by atoms with E-state index >= 15 is 0 Å². The molecule has 6 rings (SSSR count). The van der Waals surface area contributed by atoms with Crippen LogP contribution in [0.5, 0.6) is 23.0 Å². The molecule has 8 bridgehead atoms. The minimum atomic E-state index is -0.125. The van der Waals surface area contributed by atoms with Gasteiger partial charge in [0.1, 0.15) is 29.6 Å². The molecule has 0 saturated heterocycles. The lowest BCUT2D eigenvalue weighted by molar-refractivity contribution is 0.291. The first kappa shape index (κ1) is 50.4. The number of ether oxygens (including phenoxy) is 5. The van der Waals surface area contributed by atoms with Crippen LogP contribution in [0, 0.1) is 5.92 Å². The molecule has 0 saturated carbocycles. The fourth-order valence-corrected chi connectivity index (χ4v) is 9.40. The van der Waals surface area contributed by atoms with Gasteiger partial charge in [-0.1, -0.05) is 140 Å². The fraction of sp³-hybridized carbons (Fsp3) is 0.569. The molecule has 0 unspecified atom stereocenters. The number of hydrogen-bond acceptors (Lipinski definition) is 6. The molecule has 2 aliphatic rings. The standard InChI is InChI=1S/C58H80BrNO5/c1-16-20-61-51-37-24-38-28-45(57(10,11)12)31-41(52(38)62-21-17-2)26-42-34-48(55-60-49(35-65-55)36(5)6)50(59)47(54(42)64-23-19-4)33-43-32-46(58(13,14)15)30-40(53(43)63-22-18-3)25-39(51)29-44(27-37)56(7,8)9/h27-32,34,36,49H,16-26,33,35H2,1-15H3/t49-/m1/s1. The first-order valence-corrected chi connectivity index (χ1v) is 25.5. The number of nitrogens with zero attached hydrogens (tertiary/aromatic N) is 1. The SMILES string of the molecule is CCCOc1c2cc(C(C)(C)C)cc1Cc1cc(C(C)(C)C)cc(c1OCCC)Cc1c(Br)c(C3=N[C@@H](C(C)C)CO3)cc(c1OCCC)Cc1cc(C(C)(C)C)cc(c1OCCC)C2. The van der Waals surface area contributed by atoms with Gasteiger partial charge in [-0.25, -0.2) is 4.99 Å². The Labute approximate surface area is 401 Å². The molecule has 4 aromatic carbocycles. The highest BCUT2D eigenvalue weighted by Crippen LogP contribution is 2.46. The van der Waals surface area contributed by atoms with E-state index in [0.29, 0.717) is 70.5 Å². The molecule has 0 radical (unpaired) electrons. The van der Waals surface area contributed by atoms with Gasteiger partial charge in [0.15, 0.2) is 0 Å². The van der Waals surface area contributed by atoms with Crippen LogP contribution in [0.15, 0.2) is 51.9 Å². The Hall–Kier alpha value is -3.97. The van der Waals surface area contributed by atoms with E-state index in [2.05, 4.69) is 162 Å². The number of aliphatic imine (C=N–C) groups is 1. The lowest BCUT2D eigenvalue weighted by Gasteiger charge is -2.29. The first-order chi connectivity index (χ1) is 30.7. The highest BCUT2D eigenvalue weighted by atomic mass is 79.9. The predicted octanol–water partition coefficient (Wildman–Crippen LogP) is 15.0. The third kappa shape index (κ3) is 11.8. The van der Waals surface area contributed by atoms with Crippen molar-refractivity contribution in [2.75, 3.05) is 33.0 Å². The lowest BCUT2D eigenvalue weighted by atomic mass is 9.80. The highest BCUT2D eigenvalue weighted by Gasteiger charge is 2.32. The summed E-state index contributed by atoms with van der Waals surface area (Å²) in [5.74, 6) is 4.81. The molecule has 7 heteroatoms. The Morgan fingerprint density at radius 2 is 0.846 bits per heavy atom. The molecular formula is C58H80BrNO5. The van der Waals surface area contributed by atoms with E-state index in [-0.39, 0.29) is 22.3 Å². The van der Waals surface area contributed by atoms with Crippen LogP contribution in [0.2, 0.25) is 0 Å². The van der Waals surface area contributed by atoms with Gasteiger partial charge in [0.2, 0.25) is 5.90 Å². The summed E-state index contributed by atoms with van der Waals surface area (Å²) in [4.78, 5) is 5.22. The Balaban J connectivity index is 1.81. The lowest BCUT2D eigenvalue weighted by Crippen LogP contribution is -2.17. The smallest absolute Gasteiger partial charge is 0.217 e. The molecule has 65 heavy (non-hydrogen) atoms. The summed E-state index contributed by atoms with van der Waals surface area (Å²) in [5, 5.41) is 0. The van der Waals surface area contributed by atoms with Crippen molar-refractivity contribution in [3.05, 3.63) is 114 Å². The largest absolute Gasteiger partial charge is 0.493 e. The Bertz CT molecular complexity index is 2340. The van der Waals surface area contributed by atoms with Crippen molar-refractivity contribution >= 4 is 21.8 Å². The maximum Gasteiger partial charge on any atom is 0.217 e. The second kappa shape index (κ2) is 20.9. The zero-order valence-electron chi connectivity index (χ0n) is 42.8. The van der Waals surface area contributed by atoms with Crippen LogP contribution in [0.3, 0.4) is 0 Å². The minimum absolute atomic E-state index is 0.0904. The van der Waals surface area contributed by atoms with Crippen molar-refractivity contribution < 1.29 is 23.7 Å². The van der Waals surface area contributed by atoms with Crippen LogP contribution in [0.25, 0.3) is 0 Å². The number of rotatable bonds is 14. The van der Waals surface area contributed by atoms with Crippen molar-refractivity contribution in [1.82, 2.24) is 0 Å². The number of hydrogen-bond donors (Lipinski definition) is 0. The highest BCUT2D eigenvalue weighted by molar-refractivity contribution is 9.10. The third-order valence-electron chi connectivity index (χ3n) is 12.7. The molecule has 6 nitrogen and oxygen atoms in total. The molecular weight excluding hydrogens is 871 g/mol. The maximum atomic E-state index is 7.02. The van der Waals surface area contributed by atoms with E-state index in [1.165, 1.54) is 38.9 Å². The van der Waals surface area contributed by atoms with Crippen molar-refractivity contribution in [2.24, 2.45) is 10.9 Å². The van der Waals surface area contributed by atoms with Gasteiger partial charge in [0.05, 0.1) is 38.0 Å². The normalized spacial score (nSPS) is 15.5. The van der Waals surface area contributed by atoms with E-state index in [1.54, 1.807) is 0 Å². The number of halogens is 1. The average molecular weight is 951 g/mol. The summed E-state index contributed by atoms with van der Waals surface area (Å²) < 4.78 is 35.4. The molecule has 0 fully saturated rings. The molecule has 0 spiro atoms. The third-order valence-corrected chi connectivity index (χ3v) is 13.6. The molecule has 4 aromatic rings. The van der Waals surface area contributed by atoms with Gasteiger partial charge in [-0.15, -0.1) is 0 Å². The van der Waals surface area contributed by atoms with Gasteiger partial charge >= 0.3 is 0 Å². The molecule has 1 heterocycles. The van der Waals surface area contributed by atoms with Crippen LogP contribution < -0.4 is 18.9 Å².